The van der Waals surface area contributed by atoms with Crippen molar-refractivity contribution in [2.75, 3.05) is 26.8 Å². The quantitative estimate of drug-likeness (QED) is 0.617. The number of morpholine rings is 1. The first-order valence-corrected chi connectivity index (χ1v) is 11.6. The van der Waals surface area contributed by atoms with Crippen LogP contribution in [0, 0.1) is 0 Å². The minimum absolute atomic E-state index is 0.0432. The maximum Gasteiger partial charge on any atom is 0.253 e. The second-order valence-electron chi connectivity index (χ2n) is 8.76. The maximum atomic E-state index is 13.5. The maximum absolute atomic E-state index is 13.5. The Morgan fingerprint density at radius 2 is 2.23 bits per heavy atom. The summed E-state index contributed by atoms with van der Waals surface area (Å²) in [6.45, 7) is 9.05. The molecule has 0 bridgehead atoms. The minimum Gasteiger partial charge on any atom is -0.385 e. The van der Waals surface area contributed by atoms with Crippen molar-refractivity contribution in [3.63, 3.8) is 0 Å². The molecule has 1 N–H and O–H groups in total. The van der Waals surface area contributed by atoms with Gasteiger partial charge >= 0.3 is 0 Å². The van der Waals surface area contributed by atoms with Crippen LogP contribution >= 0.6 is 0 Å². The zero-order valence-corrected chi connectivity index (χ0v) is 19.1. The lowest BCUT2D eigenvalue weighted by atomic mass is 10.0. The lowest BCUT2D eigenvalue weighted by Gasteiger charge is -2.35. The number of ether oxygens (including phenoxy) is 2. The van der Waals surface area contributed by atoms with Crippen LogP contribution in [-0.4, -0.2) is 70.6 Å². The highest BCUT2D eigenvalue weighted by Crippen LogP contribution is 2.36. The largest absolute Gasteiger partial charge is 0.385 e. The zero-order valence-electron chi connectivity index (χ0n) is 19.1. The molecule has 170 valence electrons. The van der Waals surface area contributed by atoms with Crippen LogP contribution in [0.4, 0.5) is 0 Å². The van der Waals surface area contributed by atoms with E-state index in [1.54, 1.807) is 7.11 Å². The summed E-state index contributed by atoms with van der Waals surface area (Å²) in [5.41, 5.74) is 3.04. The molecular weight excluding hydrogens is 394 g/mol. The monoisotopic (exact) mass is 429 g/mol. The molecular formula is C23H35N5O3. The number of aromatic nitrogens is 3. The molecule has 4 rings (SSSR count). The van der Waals surface area contributed by atoms with Gasteiger partial charge in [-0.2, -0.15) is 5.10 Å². The van der Waals surface area contributed by atoms with Gasteiger partial charge in [0.25, 0.3) is 5.91 Å². The number of aryl methyl sites for hydroxylation is 2. The van der Waals surface area contributed by atoms with Crippen molar-refractivity contribution in [1.29, 1.82) is 0 Å². The molecule has 1 saturated heterocycles. The third-order valence-electron chi connectivity index (χ3n) is 6.29. The van der Waals surface area contributed by atoms with E-state index in [1.165, 1.54) is 5.56 Å². The fourth-order valence-electron chi connectivity index (χ4n) is 4.45. The van der Waals surface area contributed by atoms with Crippen LogP contribution in [0.2, 0.25) is 0 Å². The standard InChI is InChI=1S/C23H35N5O3/c1-5-17-11-20(26-22-19(17)13-25-27(22)9-6-10-30-4)16(3)28(18-7-8-18)23(29)21-14-24-12-15(2)31-21/h11,13,15-16,18,21,24H,5-10,12,14H2,1-4H3/t15-,16-,21-/m1/s1. The highest BCUT2D eigenvalue weighted by Gasteiger charge is 2.41. The summed E-state index contributed by atoms with van der Waals surface area (Å²) in [5.74, 6) is 0.0718. The van der Waals surface area contributed by atoms with E-state index in [0.29, 0.717) is 13.2 Å². The molecule has 1 saturated carbocycles. The number of hydrogen-bond donors (Lipinski definition) is 1. The molecule has 2 aromatic rings. The fraction of sp³-hybridized carbons (Fsp3) is 0.696. The normalized spacial score (nSPS) is 22.6. The number of carbonyl (C=O) groups is 1. The van der Waals surface area contributed by atoms with E-state index in [9.17, 15) is 4.79 Å². The molecule has 2 aliphatic rings. The van der Waals surface area contributed by atoms with Gasteiger partial charge in [0.2, 0.25) is 0 Å². The zero-order chi connectivity index (χ0) is 22.0. The Bertz CT molecular complexity index is 910. The summed E-state index contributed by atoms with van der Waals surface area (Å²) in [6, 6.07) is 2.31. The predicted molar refractivity (Wildman–Crippen MR) is 119 cm³/mol. The molecule has 2 fully saturated rings. The van der Waals surface area contributed by atoms with Gasteiger partial charge in [-0.05, 0) is 51.2 Å². The van der Waals surface area contributed by atoms with Crippen LogP contribution in [0.15, 0.2) is 12.3 Å². The SMILES string of the molecule is CCc1cc([C@@H](C)N(C(=O)[C@H]2CNC[C@@H](C)O2)C2CC2)nc2c1cnn2CCCOC. The lowest BCUT2D eigenvalue weighted by molar-refractivity contribution is -0.152. The van der Waals surface area contributed by atoms with E-state index in [0.717, 1.165) is 55.5 Å². The fourth-order valence-corrected chi connectivity index (χ4v) is 4.45. The Balaban J connectivity index is 1.63. The number of rotatable bonds is 9. The average molecular weight is 430 g/mol. The van der Waals surface area contributed by atoms with E-state index in [4.69, 9.17) is 14.5 Å². The van der Waals surface area contributed by atoms with Gasteiger partial charge in [-0.25, -0.2) is 9.67 Å². The van der Waals surface area contributed by atoms with E-state index in [-0.39, 0.29) is 24.1 Å². The number of fused-ring (bicyclic) bond motifs is 1. The Hall–Kier alpha value is -2.03. The van der Waals surface area contributed by atoms with Gasteiger partial charge in [0, 0.05) is 44.8 Å². The predicted octanol–water partition coefficient (Wildman–Crippen LogP) is 2.46. The number of amides is 1. The van der Waals surface area contributed by atoms with Crippen LogP contribution in [0.25, 0.3) is 11.0 Å². The summed E-state index contributed by atoms with van der Waals surface area (Å²) >= 11 is 0. The smallest absolute Gasteiger partial charge is 0.253 e. The van der Waals surface area contributed by atoms with Crippen LogP contribution in [0.1, 0.15) is 57.3 Å². The Labute approximate surface area is 184 Å². The number of nitrogens with zero attached hydrogens (tertiary/aromatic N) is 4. The molecule has 1 aliphatic carbocycles. The Kier molecular flexibility index (Phi) is 6.89. The van der Waals surface area contributed by atoms with Crippen molar-refractivity contribution in [2.24, 2.45) is 0 Å². The second kappa shape index (κ2) is 9.63. The first kappa shape index (κ1) is 22.2. The van der Waals surface area contributed by atoms with E-state index >= 15 is 0 Å². The van der Waals surface area contributed by atoms with Crippen molar-refractivity contribution >= 4 is 16.9 Å². The number of hydrogen-bond acceptors (Lipinski definition) is 6. The Morgan fingerprint density at radius 1 is 1.42 bits per heavy atom. The average Bonchev–Trinajstić information content (AvgIpc) is 3.52. The summed E-state index contributed by atoms with van der Waals surface area (Å²) in [4.78, 5) is 20.5. The van der Waals surface area contributed by atoms with Crippen molar-refractivity contribution in [2.45, 2.75) is 77.3 Å². The third kappa shape index (κ3) is 4.76. The molecule has 0 unspecified atom stereocenters. The first-order valence-electron chi connectivity index (χ1n) is 11.6. The molecule has 3 atom stereocenters. The van der Waals surface area contributed by atoms with E-state index in [2.05, 4.69) is 30.3 Å². The third-order valence-corrected chi connectivity index (χ3v) is 6.29. The molecule has 1 amide bonds. The summed E-state index contributed by atoms with van der Waals surface area (Å²) in [6.07, 6.45) is 5.39. The van der Waals surface area contributed by atoms with E-state index in [1.807, 2.05) is 22.7 Å². The molecule has 0 aromatic carbocycles. The van der Waals surface area contributed by atoms with Crippen LogP contribution in [-0.2, 0) is 27.2 Å². The summed E-state index contributed by atoms with van der Waals surface area (Å²) in [7, 11) is 1.71. The highest BCUT2D eigenvalue weighted by molar-refractivity contribution is 5.83. The van der Waals surface area contributed by atoms with Gasteiger partial charge in [-0.1, -0.05) is 6.92 Å². The minimum atomic E-state index is -0.430. The van der Waals surface area contributed by atoms with Crippen LogP contribution in [0.5, 0.6) is 0 Å². The number of methoxy groups -OCH3 is 1. The van der Waals surface area contributed by atoms with Crippen molar-refractivity contribution in [3.05, 3.63) is 23.5 Å². The number of nitrogens with one attached hydrogen (secondary N) is 1. The van der Waals surface area contributed by atoms with Gasteiger partial charge in [-0.15, -0.1) is 0 Å². The van der Waals surface area contributed by atoms with Crippen molar-refractivity contribution in [3.8, 4) is 0 Å². The highest BCUT2D eigenvalue weighted by atomic mass is 16.5. The summed E-state index contributed by atoms with van der Waals surface area (Å²) < 4.78 is 13.1. The summed E-state index contributed by atoms with van der Waals surface area (Å²) in [5, 5.41) is 8.99. The van der Waals surface area contributed by atoms with Gasteiger partial charge in [0.05, 0.1) is 24.0 Å². The molecule has 31 heavy (non-hydrogen) atoms. The van der Waals surface area contributed by atoms with Gasteiger partial charge in [0.1, 0.15) is 6.10 Å². The van der Waals surface area contributed by atoms with E-state index < -0.39 is 6.10 Å². The molecule has 0 spiro atoms. The lowest BCUT2D eigenvalue weighted by Crippen LogP contribution is -2.53. The second-order valence-corrected chi connectivity index (χ2v) is 8.76. The topological polar surface area (TPSA) is 81.5 Å². The molecule has 0 radical (unpaired) electrons. The Morgan fingerprint density at radius 3 is 2.90 bits per heavy atom. The van der Waals surface area contributed by atoms with Gasteiger partial charge < -0.3 is 19.7 Å². The van der Waals surface area contributed by atoms with Gasteiger partial charge in [-0.3, -0.25) is 4.79 Å². The first-order chi connectivity index (χ1) is 15.0. The molecule has 1 aliphatic heterocycles. The van der Waals surface area contributed by atoms with Crippen LogP contribution < -0.4 is 5.32 Å². The molecule has 8 nitrogen and oxygen atoms in total. The van der Waals surface area contributed by atoms with Crippen LogP contribution in [0.3, 0.4) is 0 Å². The van der Waals surface area contributed by atoms with Crippen molar-refractivity contribution in [1.82, 2.24) is 25.0 Å². The number of carbonyl (C=O) groups excluding carboxylic acids is 1. The molecule has 2 aromatic heterocycles. The molecule has 8 heteroatoms. The van der Waals surface area contributed by atoms with Gasteiger partial charge in [0.15, 0.2) is 5.65 Å². The molecule has 3 heterocycles. The van der Waals surface area contributed by atoms with Crippen molar-refractivity contribution < 1.29 is 14.3 Å². The number of pyridine rings is 1.